The molecule has 0 aromatic heterocycles. The third kappa shape index (κ3) is 3.87. The predicted octanol–water partition coefficient (Wildman–Crippen LogP) is 2.10. The number of anilines is 2. The van der Waals surface area contributed by atoms with Crippen LogP contribution in [-0.2, 0) is 4.79 Å². The van der Waals surface area contributed by atoms with E-state index >= 15 is 0 Å². The molecule has 6 heteroatoms. The van der Waals surface area contributed by atoms with E-state index in [1.165, 1.54) is 0 Å². The van der Waals surface area contributed by atoms with E-state index in [1.807, 2.05) is 6.92 Å². The van der Waals surface area contributed by atoms with Crippen molar-refractivity contribution in [3.05, 3.63) is 23.2 Å². The quantitative estimate of drug-likeness (QED) is 0.744. The van der Waals surface area contributed by atoms with Crippen LogP contribution in [0.4, 0.5) is 11.4 Å². The van der Waals surface area contributed by atoms with Crippen LogP contribution < -0.4 is 11.1 Å². The monoisotopic (exact) mass is 311 g/mol. The molecule has 1 fully saturated rings. The topological polar surface area (TPSA) is 78.6 Å². The summed E-state index contributed by atoms with van der Waals surface area (Å²) in [6.45, 7) is 2.76. The van der Waals surface area contributed by atoms with E-state index in [4.69, 9.17) is 17.3 Å². The van der Waals surface area contributed by atoms with Gasteiger partial charge in [0.15, 0.2) is 0 Å². The van der Waals surface area contributed by atoms with Gasteiger partial charge in [-0.2, -0.15) is 0 Å². The molecule has 1 aliphatic heterocycles. The van der Waals surface area contributed by atoms with E-state index in [0.29, 0.717) is 16.4 Å². The minimum atomic E-state index is -0.319. The fraction of sp³-hybridized carbons (Fsp3) is 0.533. The first-order valence-corrected chi connectivity index (χ1v) is 7.63. The normalized spacial score (nSPS) is 21.0. The van der Waals surface area contributed by atoms with E-state index in [1.54, 1.807) is 18.2 Å². The Hall–Kier alpha value is -1.30. The molecule has 0 bridgehead atoms. The summed E-state index contributed by atoms with van der Waals surface area (Å²) < 4.78 is 0. The molecule has 0 radical (unpaired) electrons. The van der Waals surface area contributed by atoms with Crippen molar-refractivity contribution in [1.29, 1.82) is 0 Å². The van der Waals surface area contributed by atoms with E-state index in [-0.39, 0.29) is 24.6 Å². The van der Waals surface area contributed by atoms with Crippen LogP contribution in [-0.4, -0.2) is 41.1 Å². The van der Waals surface area contributed by atoms with Crippen molar-refractivity contribution in [3.8, 4) is 0 Å². The first-order chi connectivity index (χ1) is 10.0. The van der Waals surface area contributed by atoms with E-state index in [0.717, 1.165) is 25.8 Å². The third-order valence-corrected chi connectivity index (χ3v) is 4.27. The molecule has 1 aromatic carbocycles. The van der Waals surface area contributed by atoms with Crippen molar-refractivity contribution in [3.63, 3.8) is 0 Å². The van der Waals surface area contributed by atoms with Gasteiger partial charge in [-0.25, -0.2) is 0 Å². The number of nitrogen functional groups attached to an aromatic ring is 1. The average Bonchev–Trinajstić information content (AvgIpc) is 2.50. The zero-order valence-electron chi connectivity index (χ0n) is 12.2. The molecule has 1 aromatic rings. The second-order valence-corrected chi connectivity index (χ2v) is 5.90. The number of halogens is 1. The zero-order chi connectivity index (χ0) is 15.4. The number of rotatable bonds is 4. The molecule has 2 rings (SSSR count). The summed E-state index contributed by atoms with van der Waals surface area (Å²) in [7, 11) is 0. The van der Waals surface area contributed by atoms with Crippen LogP contribution in [0.2, 0.25) is 5.02 Å². The molecule has 1 heterocycles. The van der Waals surface area contributed by atoms with Gasteiger partial charge in [-0.05, 0) is 44.5 Å². The molecule has 0 aliphatic carbocycles. The van der Waals surface area contributed by atoms with E-state index in [2.05, 4.69) is 10.2 Å². The summed E-state index contributed by atoms with van der Waals surface area (Å²) in [5.74, 6) is -0.135. The molecule has 1 amide bonds. The first kappa shape index (κ1) is 16.1. The molecule has 1 saturated heterocycles. The summed E-state index contributed by atoms with van der Waals surface area (Å²) in [4.78, 5) is 14.5. The predicted molar refractivity (Wildman–Crippen MR) is 85.4 cm³/mol. The van der Waals surface area contributed by atoms with Crippen molar-refractivity contribution >= 4 is 28.9 Å². The lowest BCUT2D eigenvalue weighted by Crippen LogP contribution is -2.51. The van der Waals surface area contributed by atoms with E-state index in [9.17, 15) is 9.90 Å². The zero-order valence-corrected chi connectivity index (χ0v) is 12.9. The van der Waals surface area contributed by atoms with Crippen LogP contribution in [0.5, 0.6) is 0 Å². The van der Waals surface area contributed by atoms with Gasteiger partial charge in [0.1, 0.15) is 0 Å². The molecule has 5 nitrogen and oxygen atoms in total. The van der Waals surface area contributed by atoms with Crippen molar-refractivity contribution < 1.29 is 9.90 Å². The van der Waals surface area contributed by atoms with Gasteiger partial charge < -0.3 is 16.2 Å². The summed E-state index contributed by atoms with van der Waals surface area (Å²) in [5, 5.41) is 12.8. The number of carbonyl (C=O) groups excluding carboxylic acids is 1. The van der Waals surface area contributed by atoms with Crippen LogP contribution >= 0.6 is 11.6 Å². The largest absolute Gasteiger partial charge is 0.397 e. The van der Waals surface area contributed by atoms with Crippen LogP contribution in [0, 0.1) is 0 Å². The van der Waals surface area contributed by atoms with Gasteiger partial charge in [0, 0.05) is 11.1 Å². The summed E-state index contributed by atoms with van der Waals surface area (Å²) in [6, 6.07) is 4.72. The molecule has 2 atom stereocenters. The molecule has 1 aliphatic rings. The van der Waals surface area contributed by atoms with Gasteiger partial charge in [0.05, 0.1) is 24.0 Å². The molecular weight excluding hydrogens is 290 g/mol. The van der Waals surface area contributed by atoms with Crippen molar-refractivity contribution in [2.24, 2.45) is 0 Å². The Bertz CT molecular complexity index is 510. The summed E-state index contributed by atoms with van der Waals surface area (Å²) in [5.41, 5.74) is 6.85. The fourth-order valence-corrected chi connectivity index (χ4v) is 2.93. The number of carbonyl (C=O) groups is 1. The lowest BCUT2D eigenvalue weighted by molar-refractivity contribution is -0.122. The number of nitrogens with two attached hydrogens (primary N) is 1. The SMILES string of the molecule is CC(C(=O)Nc1cc(Cl)ccc1N)N1CCCCC1CO. The van der Waals surface area contributed by atoms with Crippen LogP contribution in [0.1, 0.15) is 26.2 Å². The van der Waals surface area contributed by atoms with Gasteiger partial charge in [-0.1, -0.05) is 18.0 Å². The molecule has 0 spiro atoms. The average molecular weight is 312 g/mol. The molecule has 21 heavy (non-hydrogen) atoms. The fourth-order valence-electron chi connectivity index (χ4n) is 2.75. The second-order valence-electron chi connectivity index (χ2n) is 5.47. The lowest BCUT2D eigenvalue weighted by atomic mass is 10.0. The standard InChI is InChI=1S/C15H22ClN3O2/c1-10(19-7-3-2-4-12(19)9-20)15(21)18-14-8-11(16)5-6-13(14)17/h5-6,8,10,12,20H,2-4,7,9,17H2,1H3,(H,18,21). The Morgan fingerprint density at radius 3 is 3.05 bits per heavy atom. The summed E-state index contributed by atoms with van der Waals surface area (Å²) >= 11 is 5.92. The van der Waals surface area contributed by atoms with Crippen LogP contribution in [0.15, 0.2) is 18.2 Å². The highest BCUT2D eigenvalue weighted by Gasteiger charge is 2.30. The van der Waals surface area contributed by atoms with Crippen molar-refractivity contribution in [1.82, 2.24) is 4.90 Å². The van der Waals surface area contributed by atoms with Gasteiger partial charge in [-0.15, -0.1) is 0 Å². The molecular formula is C15H22ClN3O2. The molecule has 116 valence electrons. The minimum Gasteiger partial charge on any atom is -0.397 e. The summed E-state index contributed by atoms with van der Waals surface area (Å²) in [6.07, 6.45) is 3.07. The Morgan fingerprint density at radius 2 is 2.33 bits per heavy atom. The maximum absolute atomic E-state index is 12.4. The number of hydrogen-bond donors (Lipinski definition) is 3. The smallest absolute Gasteiger partial charge is 0.241 e. The number of aliphatic hydroxyl groups is 1. The van der Waals surface area contributed by atoms with Gasteiger partial charge in [-0.3, -0.25) is 9.69 Å². The minimum absolute atomic E-state index is 0.0520. The van der Waals surface area contributed by atoms with Crippen LogP contribution in [0.3, 0.4) is 0 Å². The van der Waals surface area contributed by atoms with Gasteiger partial charge >= 0.3 is 0 Å². The lowest BCUT2D eigenvalue weighted by Gasteiger charge is -2.38. The molecule has 0 saturated carbocycles. The third-order valence-electron chi connectivity index (χ3n) is 4.03. The number of benzene rings is 1. The maximum Gasteiger partial charge on any atom is 0.241 e. The Morgan fingerprint density at radius 1 is 1.57 bits per heavy atom. The Labute approximate surface area is 130 Å². The molecule has 4 N–H and O–H groups in total. The highest BCUT2D eigenvalue weighted by atomic mass is 35.5. The number of piperidine rings is 1. The van der Waals surface area contributed by atoms with Gasteiger partial charge in [0.2, 0.25) is 5.91 Å². The van der Waals surface area contributed by atoms with Gasteiger partial charge in [0.25, 0.3) is 0 Å². The molecule has 2 unspecified atom stereocenters. The maximum atomic E-state index is 12.4. The first-order valence-electron chi connectivity index (χ1n) is 7.25. The number of likely N-dealkylation sites (tertiary alicyclic amines) is 1. The number of aliphatic hydroxyl groups excluding tert-OH is 1. The number of hydrogen-bond acceptors (Lipinski definition) is 4. The number of amides is 1. The second kappa shape index (κ2) is 7.11. The van der Waals surface area contributed by atoms with Crippen molar-refractivity contribution in [2.45, 2.75) is 38.3 Å². The highest BCUT2D eigenvalue weighted by molar-refractivity contribution is 6.31. The Kier molecular flexibility index (Phi) is 5.45. The van der Waals surface area contributed by atoms with E-state index < -0.39 is 0 Å². The number of nitrogens with zero attached hydrogens (tertiary/aromatic N) is 1. The van der Waals surface area contributed by atoms with Crippen LogP contribution in [0.25, 0.3) is 0 Å². The Balaban J connectivity index is 2.06. The van der Waals surface area contributed by atoms with Crippen molar-refractivity contribution in [2.75, 3.05) is 24.2 Å². The highest BCUT2D eigenvalue weighted by Crippen LogP contribution is 2.24. The number of nitrogens with one attached hydrogen (secondary N) is 1.